The maximum atomic E-state index is 5.32. The third kappa shape index (κ3) is 3.16. The van der Waals surface area contributed by atoms with Crippen molar-refractivity contribution in [3.05, 3.63) is 48.1 Å². The Morgan fingerprint density at radius 1 is 1.11 bits per heavy atom. The summed E-state index contributed by atoms with van der Waals surface area (Å²) in [5.74, 6) is 2.28. The lowest BCUT2D eigenvalue weighted by Gasteiger charge is -2.14. The Morgan fingerprint density at radius 3 is 2.61 bits per heavy atom. The van der Waals surface area contributed by atoms with E-state index in [-0.39, 0.29) is 0 Å². The normalized spacial score (nSPS) is 17.8. The first-order valence-electron chi connectivity index (χ1n) is 6.37. The molecule has 0 N–H and O–H groups in total. The monoisotopic (exact) mass is 244 g/mol. The van der Waals surface area contributed by atoms with Crippen LogP contribution in [-0.2, 0) is 6.42 Å². The van der Waals surface area contributed by atoms with Crippen molar-refractivity contribution in [3.8, 4) is 11.5 Å². The van der Waals surface area contributed by atoms with Gasteiger partial charge in [-0.25, -0.2) is 0 Å². The second kappa shape index (κ2) is 6.29. The Bertz CT molecular complexity index is 446. The smallest absolute Gasteiger partial charge is 0.160 e. The minimum atomic E-state index is 0.670. The second-order valence-corrected chi connectivity index (χ2v) is 4.54. The summed E-state index contributed by atoms with van der Waals surface area (Å²) < 4.78 is 10.6. The molecule has 0 saturated heterocycles. The highest BCUT2D eigenvalue weighted by Crippen LogP contribution is 2.28. The van der Waals surface area contributed by atoms with E-state index in [0.29, 0.717) is 5.92 Å². The zero-order valence-corrected chi connectivity index (χ0v) is 11.1. The van der Waals surface area contributed by atoms with Crippen LogP contribution in [0.4, 0.5) is 0 Å². The van der Waals surface area contributed by atoms with E-state index in [1.165, 1.54) is 12.0 Å². The van der Waals surface area contributed by atoms with Crippen LogP contribution in [0.25, 0.3) is 0 Å². The number of rotatable bonds is 5. The molecule has 0 aromatic heterocycles. The Hall–Kier alpha value is -1.70. The fourth-order valence-corrected chi connectivity index (χ4v) is 2.23. The number of hydrogen-bond donors (Lipinski definition) is 0. The topological polar surface area (TPSA) is 18.5 Å². The lowest BCUT2D eigenvalue weighted by atomic mass is 9.93. The van der Waals surface area contributed by atoms with Gasteiger partial charge in [0, 0.05) is 0 Å². The average molecular weight is 244 g/mol. The van der Waals surface area contributed by atoms with Crippen molar-refractivity contribution in [2.24, 2.45) is 5.92 Å². The number of ether oxygens (including phenoxy) is 2. The summed E-state index contributed by atoms with van der Waals surface area (Å²) in [5, 5.41) is 0. The summed E-state index contributed by atoms with van der Waals surface area (Å²) >= 11 is 0. The number of allylic oxidation sites excluding steroid dienone is 4. The molecule has 0 heterocycles. The molecular formula is C16H20O2. The largest absolute Gasteiger partial charge is 0.493 e. The number of methoxy groups -OCH3 is 2. The van der Waals surface area contributed by atoms with Crippen LogP contribution < -0.4 is 9.47 Å². The fraction of sp³-hybridized carbons (Fsp3) is 0.375. The van der Waals surface area contributed by atoms with Crippen LogP contribution in [0.5, 0.6) is 11.5 Å². The van der Waals surface area contributed by atoms with Crippen LogP contribution in [-0.4, -0.2) is 14.2 Å². The van der Waals surface area contributed by atoms with Gasteiger partial charge < -0.3 is 9.47 Å². The van der Waals surface area contributed by atoms with Gasteiger partial charge >= 0.3 is 0 Å². The van der Waals surface area contributed by atoms with Crippen molar-refractivity contribution < 1.29 is 9.47 Å². The summed E-state index contributed by atoms with van der Waals surface area (Å²) in [5.41, 5.74) is 1.30. The molecule has 0 saturated carbocycles. The Morgan fingerprint density at radius 2 is 1.94 bits per heavy atom. The molecule has 18 heavy (non-hydrogen) atoms. The van der Waals surface area contributed by atoms with Gasteiger partial charge in [0.25, 0.3) is 0 Å². The van der Waals surface area contributed by atoms with E-state index in [2.05, 4.69) is 36.4 Å². The van der Waals surface area contributed by atoms with Gasteiger partial charge in [-0.1, -0.05) is 30.4 Å². The maximum absolute atomic E-state index is 5.32. The molecule has 2 heteroatoms. The van der Waals surface area contributed by atoms with Crippen molar-refractivity contribution in [2.75, 3.05) is 14.2 Å². The predicted octanol–water partition coefficient (Wildman–Crippen LogP) is 3.77. The van der Waals surface area contributed by atoms with Gasteiger partial charge in [0.15, 0.2) is 11.5 Å². The Kier molecular flexibility index (Phi) is 4.46. The van der Waals surface area contributed by atoms with E-state index in [9.17, 15) is 0 Å². The molecule has 96 valence electrons. The third-order valence-electron chi connectivity index (χ3n) is 3.32. The zero-order valence-electron chi connectivity index (χ0n) is 11.1. The number of hydrogen-bond acceptors (Lipinski definition) is 2. The summed E-state index contributed by atoms with van der Waals surface area (Å²) in [6.45, 7) is 0. The SMILES string of the molecule is COc1ccc(CCC2C=CC=CC2)cc1OC. The van der Waals surface area contributed by atoms with Gasteiger partial charge in [-0.15, -0.1) is 0 Å². The molecular weight excluding hydrogens is 224 g/mol. The second-order valence-electron chi connectivity index (χ2n) is 4.54. The van der Waals surface area contributed by atoms with Crippen LogP contribution >= 0.6 is 0 Å². The Balaban J connectivity index is 1.97. The molecule has 1 atom stereocenters. The van der Waals surface area contributed by atoms with Gasteiger partial charge in [-0.3, -0.25) is 0 Å². The van der Waals surface area contributed by atoms with E-state index in [1.807, 2.05) is 6.07 Å². The molecule has 2 nitrogen and oxygen atoms in total. The van der Waals surface area contributed by atoms with Crippen molar-refractivity contribution in [1.82, 2.24) is 0 Å². The minimum absolute atomic E-state index is 0.670. The van der Waals surface area contributed by atoms with Crippen LogP contribution in [0.15, 0.2) is 42.5 Å². The molecule has 1 aromatic rings. The number of benzene rings is 1. The van der Waals surface area contributed by atoms with Gasteiger partial charge in [0.05, 0.1) is 14.2 Å². The highest BCUT2D eigenvalue weighted by atomic mass is 16.5. The minimum Gasteiger partial charge on any atom is -0.493 e. The van der Waals surface area contributed by atoms with E-state index in [4.69, 9.17) is 9.47 Å². The van der Waals surface area contributed by atoms with Gasteiger partial charge in [0.1, 0.15) is 0 Å². The molecule has 1 aromatic carbocycles. The van der Waals surface area contributed by atoms with E-state index < -0.39 is 0 Å². The van der Waals surface area contributed by atoms with Gasteiger partial charge in [-0.05, 0) is 42.9 Å². The highest BCUT2D eigenvalue weighted by Gasteiger charge is 2.08. The van der Waals surface area contributed by atoms with Gasteiger partial charge in [0.2, 0.25) is 0 Å². The predicted molar refractivity (Wildman–Crippen MR) is 74.3 cm³/mol. The van der Waals surface area contributed by atoms with Crippen molar-refractivity contribution in [1.29, 1.82) is 0 Å². The molecule has 2 rings (SSSR count). The number of aryl methyl sites for hydroxylation is 1. The first kappa shape index (κ1) is 12.7. The molecule has 0 aliphatic heterocycles. The van der Waals surface area contributed by atoms with Crippen LogP contribution in [0, 0.1) is 5.92 Å². The molecule has 0 spiro atoms. The van der Waals surface area contributed by atoms with Crippen molar-refractivity contribution >= 4 is 0 Å². The molecule has 0 fully saturated rings. The van der Waals surface area contributed by atoms with Crippen LogP contribution in [0.2, 0.25) is 0 Å². The highest BCUT2D eigenvalue weighted by molar-refractivity contribution is 5.42. The molecule has 1 unspecified atom stereocenters. The van der Waals surface area contributed by atoms with Crippen molar-refractivity contribution in [3.63, 3.8) is 0 Å². The zero-order chi connectivity index (χ0) is 12.8. The molecule has 0 bridgehead atoms. The molecule has 1 aliphatic rings. The average Bonchev–Trinajstić information content (AvgIpc) is 2.45. The van der Waals surface area contributed by atoms with E-state index in [1.54, 1.807) is 14.2 Å². The third-order valence-corrected chi connectivity index (χ3v) is 3.32. The quantitative estimate of drug-likeness (QED) is 0.785. The molecule has 0 radical (unpaired) electrons. The van der Waals surface area contributed by atoms with Crippen molar-refractivity contribution in [2.45, 2.75) is 19.3 Å². The summed E-state index contributed by atoms with van der Waals surface area (Å²) in [6.07, 6.45) is 12.2. The van der Waals surface area contributed by atoms with Gasteiger partial charge in [-0.2, -0.15) is 0 Å². The fourth-order valence-electron chi connectivity index (χ4n) is 2.23. The van der Waals surface area contributed by atoms with Crippen LogP contribution in [0.1, 0.15) is 18.4 Å². The van der Waals surface area contributed by atoms with E-state index >= 15 is 0 Å². The first-order valence-corrected chi connectivity index (χ1v) is 6.37. The molecule has 1 aliphatic carbocycles. The van der Waals surface area contributed by atoms with E-state index in [0.717, 1.165) is 24.3 Å². The summed E-state index contributed by atoms with van der Waals surface area (Å²) in [6, 6.07) is 6.16. The lowest BCUT2D eigenvalue weighted by molar-refractivity contribution is 0.354. The summed E-state index contributed by atoms with van der Waals surface area (Å²) in [4.78, 5) is 0. The lowest BCUT2D eigenvalue weighted by Crippen LogP contribution is -2.00. The Labute approximate surface area is 109 Å². The first-order chi connectivity index (χ1) is 8.83. The maximum Gasteiger partial charge on any atom is 0.160 e. The molecule has 0 amide bonds. The van der Waals surface area contributed by atoms with Crippen LogP contribution in [0.3, 0.4) is 0 Å². The standard InChI is InChI=1S/C16H20O2/c1-17-15-11-10-14(12-16(15)18-2)9-8-13-6-4-3-5-7-13/h3-6,10-13H,7-9H2,1-2H3. The summed E-state index contributed by atoms with van der Waals surface area (Å²) in [7, 11) is 3.34.